The summed E-state index contributed by atoms with van der Waals surface area (Å²) in [6.07, 6.45) is 5.82. The van der Waals surface area contributed by atoms with Gasteiger partial charge in [-0.1, -0.05) is 11.1 Å². The first-order chi connectivity index (χ1) is 3.88. The molecule has 8 heavy (non-hydrogen) atoms. The van der Waals surface area contributed by atoms with Crippen LogP contribution in [0.1, 0.15) is 32.6 Å². The first kappa shape index (κ1) is 4.60. The normalized spacial score (nSPS) is 34.9. The average molecular weight is 108 g/mol. The molecule has 0 spiro atoms. The lowest BCUT2D eigenvalue weighted by Crippen LogP contribution is -2.10. The quantitative estimate of drug-likeness (QED) is 0.418. The highest BCUT2D eigenvalue weighted by Gasteiger charge is 2.29. The Labute approximate surface area is 50.6 Å². The smallest absolute Gasteiger partial charge is 0.0163 e. The number of fused-ring (bicyclic) bond motifs is 1. The Morgan fingerprint density at radius 3 is 2.88 bits per heavy atom. The van der Waals surface area contributed by atoms with E-state index in [0.29, 0.717) is 0 Å². The predicted molar refractivity (Wildman–Crippen MR) is 34.7 cm³/mol. The van der Waals surface area contributed by atoms with Crippen LogP contribution in [0.5, 0.6) is 0 Å². The molecule has 2 rings (SSSR count). The zero-order valence-electron chi connectivity index (χ0n) is 5.41. The minimum Gasteiger partial charge on any atom is -0.0732 e. The molecule has 1 atom stereocenters. The molecule has 0 saturated heterocycles. The van der Waals surface area contributed by atoms with Crippen molar-refractivity contribution in [3.8, 4) is 0 Å². The van der Waals surface area contributed by atoms with Crippen LogP contribution >= 0.6 is 0 Å². The van der Waals surface area contributed by atoms with E-state index in [1.165, 1.54) is 25.7 Å². The third-order valence-corrected chi connectivity index (χ3v) is 2.59. The Kier molecular flexibility index (Phi) is 0.787. The van der Waals surface area contributed by atoms with Gasteiger partial charge in [0.05, 0.1) is 0 Å². The summed E-state index contributed by atoms with van der Waals surface area (Å²) < 4.78 is 0. The Morgan fingerprint density at radius 2 is 2.38 bits per heavy atom. The van der Waals surface area contributed by atoms with Gasteiger partial charge in [0.2, 0.25) is 0 Å². The summed E-state index contributed by atoms with van der Waals surface area (Å²) in [6, 6.07) is 0. The van der Waals surface area contributed by atoms with Crippen molar-refractivity contribution in [3.05, 3.63) is 11.1 Å². The lowest BCUT2D eigenvalue weighted by molar-refractivity contribution is 0.556. The second-order valence-electron chi connectivity index (χ2n) is 3.10. The molecule has 1 unspecified atom stereocenters. The van der Waals surface area contributed by atoms with Crippen LogP contribution in [0, 0.1) is 5.92 Å². The van der Waals surface area contributed by atoms with Crippen LogP contribution in [0.2, 0.25) is 0 Å². The van der Waals surface area contributed by atoms with Crippen LogP contribution in [0.4, 0.5) is 0 Å². The van der Waals surface area contributed by atoms with Crippen molar-refractivity contribution >= 4 is 0 Å². The van der Waals surface area contributed by atoms with E-state index in [1.54, 1.807) is 5.57 Å². The van der Waals surface area contributed by atoms with Gasteiger partial charge >= 0.3 is 0 Å². The predicted octanol–water partition coefficient (Wildman–Crippen LogP) is 2.51. The maximum absolute atomic E-state index is 2.29. The van der Waals surface area contributed by atoms with Crippen molar-refractivity contribution in [2.24, 2.45) is 5.92 Å². The second-order valence-corrected chi connectivity index (χ2v) is 3.10. The van der Waals surface area contributed by atoms with E-state index in [-0.39, 0.29) is 0 Å². The standard InChI is InChI=1S/C8H12/c1-6-5-7-3-2-4-8(6)7/h7H,2-5H2,1H3. The molecular weight excluding hydrogens is 96.1 g/mol. The van der Waals surface area contributed by atoms with Gasteiger partial charge in [-0.2, -0.15) is 0 Å². The summed E-state index contributed by atoms with van der Waals surface area (Å²) in [6.45, 7) is 2.29. The number of hydrogen-bond acceptors (Lipinski definition) is 0. The summed E-state index contributed by atoms with van der Waals surface area (Å²) in [5.74, 6) is 1.05. The van der Waals surface area contributed by atoms with Gasteiger partial charge < -0.3 is 0 Å². The highest BCUT2D eigenvalue weighted by atomic mass is 14.3. The summed E-state index contributed by atoms with van der Waals surface area (Å²) in [5, 5.41) is 0. The van der Waals surface area contributed by atoms with E-state index in [2.05, 4.69) is 6.92 Å². The third-order valence-electron chi connectivity index (χ3n) is 2.59. The van der Waals surface area contributed by atoms with E-state index in [0.717, 1.165) is 5.92 Å². The molecule has 1 fully saturated rings. The fourth-order valence-electron chi connectivity index (χ4n) is 2.07. The average Bonchev–Trinajstić information content (AvgIpc) is 2.09. The molecule has 0 aromatic carbocycles. The molecule has 0 amide bonds. The van der Waals surface area contributed by atoms with Crippen molar-refractivity contribution in [1.29, 1.82) is 0 Å². The molecule has 0 nitrogen and oxygen atoms in total. The molecule has 0 aromatic rings. The lowest BCUT2D eigenvalue weighted by atomic mass is 9.81. The second kappa shape index (κ2) is 1.37. The van der Waals surface area contributed by atoms with Gasteiger partial charge in [-0.05, 0) is 38.5 Å². The van der Waals surface area contributed by atoms with Crippen molar-refractivity contribution in [1.82, 2.24) is 0 Å². The molecule has 0 radical (unpaired) electrons. The SMILES string of the molecule is CC1=C2CCCC2C1. The number of hydrogen-bond donors (Lipinski definition) is 0. The van der Waals surface area contributed by atoms with Gasteiger partial charge in [-0.15, -0.1) is 0 Å². The summed E-state index contributed by atoms with van der Waals surface area (Å²) >= 11 is 0. The van der Waals surface area contributed by atoms with E-state index in [9.17, 15) is 0 Å². The highest BCUT2D eigenvalue weighted by Crippen LogP contribution is 2.45. The molecule has 0 heteroatoms. The van der Waals surface area contributed by atoms with Crippen molar-refractivity contribution in [2.45, 2.75) is 32.6 Å². The Bertz CT molecular complexity index is 142. The highest BCUT2D eigenvalue weighted by molar-refractivity contribution is 5.29. The molecule has 2 aliphatic carbocycles. The summed E-state index contributed by atoms with van der Waals surface area (Å²) in [5.41, 5.74) is 3.51. The van der Waals surface area contributed by atoms with Crippen LogP contribution in [0.25, 0.3) is 0 Å². The maximum Gasteiger partial charge on any atom is -0.0163 e. The summed E-state index contributed by atoms with van der Waals surface area (Å²) in [7, 11) is 0. The minimum absolute atomic E-state index is 1.05. The monoisotopic (exact) mass is 108 g/mol. The van der Waals surface area contributed by atoms with E-state index in [4.69, 9.17) is 0 Å². The maximum atomic E-state index is 2.29. The summed E-state index contributed by atoms with van der Waals surface area (Å²) in [4.78, 5) is 0. The first-order valence-electron chi connectivity index (χ1n) is 3.56. The Morgan fingerprint density at radius 1 is 1.50 bits per heavy atom. The zero-order valence-corrected chi connectivity index (χ0v) is 5.41. The molecule has 0 N–H and O–H groups in total. The molecule has 44 valence electrons. The van der Waals surface area contributed by atoms with Gasteiger partial charge in [0.1, 0.15) is 0 Å². The van der Waals surface area contributed by atoms with Crippen LogP contribution < -0.4 is 0 Å². The molecular formula is C8H12. The van der Waals surface area contributed by atoms with Gasteiger partial charge in [0, 0.05) is 0 Å². The lowest BCUT2D eigenvalue weighted by Gasteiger charge is -2.25. The molecule has 0 heterocycles. The van der Waals surface area contributed by atoms with E-state index in [1.807, 2.05) is 5.57 Å². The molecule has 2 aliphatic rings. The van der Waals surface area contributed by atoms with Gasteiger partial charge in [-0.25, -0.2) is 0 Å². The van der Waals surface area contributed by atoms with Gasteiger partial charge in [0.25, 0.3) is 0 Å². The largest absolute Gasteiger partial charge is 0.0732 e. The zero-order chi connectivity index (χ0) is 5.56. The van der Waals surface area contributed by atoms with Gasteiger partial charge in [0.15, 0.2) is 0 Å². The molecule has 0 aromatic heterocycles. The van der Waals surface area contributed by atoms with E-state index < -0.39 is 0 Å². The fourth-order valence-corrected chi connectivity index (χ4v) is 2.07. The van der Waals surface area contributed by atoms with Crippen molar-refractivity contribution in [2.75, 3.05) is 0 Å². The Hall–Kier alpha value is -0.260. The van der Waals surface area contributed by atoms with Crippen LogP contribution in [-0.2, 0) is 0 Å². The van der Waals surface area contributed by atoms with Crippen molar-refractivity contribution < 1.29 is 0 Å². The van der Waals surface area contributed by atoms with Crippen LogP contribution in [0.15, 0.2) is 11.1 Å². The number of allylic oxidation sites excluding steroid dienone is 2. The minimum atomic E-state index is 1.05. The molecule has 1 saturated carbocycles. The fraction of sp³-hybridized carbons (Fsp3) is 0.750. The number of rotatable bonds is 0. The Balaban J connectivity index is 2.27. The molecule has 0 aliphatic heterocycles. The van der Waals surface area contributed by atoms with Crippen LogP contribution in [0.3, 0.4) is 0 Å². The van der Waals surface area contributed by atoms with Crippen molar-refractivity contribution in [3.63, 3.8) is 0 Å². The first-order valence-corrected chi connectivity index (χ1v) is 3.56. The topological polar surface area (TPSA) is 0 Å². The van der Waals surface area contributed by atoms with Gasteiger partial charge in [-0.3, -0.25) is 0 Å². The van der Waals surface area contributed by atoms with Crippen LogP contribution in [-0.4, -0.2) is 0 Å². The third kappa shape index (κ3) is 0.410. The molecule has 0 bridgehead atoms. The van der Waals surface area contributed by atoms with E-state index >= 15 is 0 Å².